The van der Waals surface area contributed by atoms with Gasteiger partial charge in [0.05, 0.1) is 0 Å². The van der Waals surface area contributed by atoms with Crippen LogP contribution in [0.15, 0.2) is 0 Å². The van der Waals surface area contributed by atoms with Gasteiger partial charge in [0.1, 0.15) is 5.78 Å². The summed E-state index contributed by atoms with van der Waals surface area (Å²) in [6.07, 6.45) is 4.09. The highest BCUT2D eigenvalue weighted by Gasteiger charge is 2.33. The van der Waals surface area contributed by atoms with Crippen molar-refractivity contribution in [2.24, 2.45) is 17.3 Å². The van der Waals surface area contributed by atoms with Gasteiger partial charge in [-0.25, -0.2) is 0 Å². The van der Waals surface area contributed by atoms with Gasteiger partial charge in [0, 0.05) is 12.3 Å². The molecule has 1 fully saturated rings. The molecule has 76 valence electrons. The highest BCUT2D eigenvalue weighted by atomic mass is 16.1. The van der Waals surface area contributed by atoms with Crippen LogP contribution in [0.25, 0.3) is 0 Å². The van der Waals surface area contributed by atoms with Crippen LogP contribution in [0, 0.1) is 17.3 Å². The fourth-order valence-corrected chi connectivity index (χ4v) is 2.29. The second-order valence-corrected chi connectivity index (χ2v) is 5.41. The number of hydrogen-bond acceptors (Lipinski definition) is 1. The Bertz CT molecular complexity index is 188. The van der Waals surface area contributed by atoms with Gasteiger partial charge in [0.25, 0.3) is 0 Å². The van der Waals surface area contributed by atoms with E-state index in [1.54, 1.807) is 0 Å². The van der Waals surface area contributed by atoms with Crippen LogP contribution < -0.4 is 0 Å². The third-order valence-corrected chi connectivity index (χ3v) is 3.48. The molecule has 2 atom stereocenters. The molecule has 0 bridgehead atoms. The zero-order chi connectivity index (χ0) is 10.1. The summed E-state index contributed by atoms with van der Waals surface area (Å²) >= 11 is 0. The zero-order valence-electron chi connectivity index (χ0n) is 9.39. The Morgan fingerprint density at radius 2 is 2.00 bits per heavy atom. The van der Waals surface area contributed by atoms with Gasteiger partial charge in [-0.1, -0.05) is 27.7 Å². The Morgan fingerprint density at radius 1 is 1.38 bits per heavy atom. The minimum atomic E-state index is 0.359. The van der Waals surface area contributed by atoms with Gasteiger partial charge in [0.15, 0.2) is 0 Å². The van der Waals surface area contributed by atoms with E-state index in [4.69, 9.17) is 0 Å². The maximum Gasteiger partial charge on any atom is 0.135 e. The molecular weight excluding hydrogens is 160 g/mol. The molecule has 1 rings (SSSR count). The van der Waals surface area contributed by atoms with E-state index in [1.807, 2.05) is 0 Å². The van der Waals surface area contributed by atoms with E-state index >= 15 is 0 Å². The van der Waals surface area contributed by atoms with Crippen LogP contribution in [-0.2, 0) is 4.79 Å². The lowest BCUT2D eigenvalue weighted by molar-refractivity contribution is -0.126. The molecule has 0 heterocycles. The average molecular weight is 182 g/mol. The number of Topliss-reactive ketones (excluding diaryl/α,β-unsaturated/α-hetero) is 1. The summed E-state index contributed by atoms with van der Waals surface area (Å²) in [7, 11) is 0. The third kappa shape index (κ3) is 2.55. The van der Waals surface area contributed by atoms with Crippen molar-refractivity contribution in [1.29, 1.82) is 0 Å². The molecule has 1 heteroatoms. The Morgan fingerprint density at radius 3 is 2.46 bits per heavy atom. The molecule has 0 amide bonds. The van der Waals surface area contributed by atoms with Gasteiger partial charge in [-0.2, -0.15) is 0 Å². The van der Waals surface area contributed by atoms with Crippen molar-refractivity contribution in [3.05, 3.63) is 0 Å². The van der Waals surface area contributed by atoms with Crippen LogP contribution in [0.5, 0.6) is 0 Å². The minimum absolute atomic E-state index is 0.359. The molecule has 0 N–H and O–H groups in total. The normalized spacial score (nSPS) is 30.6. The van der Waals surface area contributed by atoms with Gasteiger partial charge >= 0.3 is 0 Å². The van der Waals surface area contributed by atoms with Crippen molar-refractivity contribution >= 4 is 5.78 Å². The van der Waals surface area contributed by atoms with E-state index in [2.05, 4.69) is 27.7 Å². The second kappa shape index (κ2) is 3.81. The Balaban J connectivity index is 2.60. The van der Waals surface area contributed by atoms with Crippen LogP contribution in [0.2, 0.25) is 0 Å². The SMILES string of the molecule is CC[C@@H]1C[C@@H](C(C)(C)C)CCC1=O. The summed E-state index contributed by atoms with van der Waals surface area (Å²) < 4.78 is 0. The Labute approximate surface area is 81.9 Å². The topological polar surface area (TPSA) is 17.1 Å². The molecule has 0 radical (unpaired) electrons. The molecule has 1 nitrogen and oxygen atoms in total. The fraction of sp³-hybridized carbons (Fsp3) is 0.917. The number of ketones is 1. The molecule has 1 aliphatic rings. The molecule has 0 spiro atoms. The van der Waals surface area contributed by atoms with Gasteiger partial charge in [-0.15, -0.1) is 0 Å². The lowest BCUT2D eigenvalue weighted by Gasteiger charge is -2.36. The number of rotatable bonds is 1. The van der Waals surface area contributed by atoms with E-state index in [0.717, 1.165) is 31.6 Å². The van der Waals surface area contributed by atoms with Crippen molar-refractivity contribution < 1.29 is 4.79 Å². The molecule has 0 saturated heterocycles. The van der Waals surface area contributed by atoms with Crippen molar-refractivity contribution in [2.45, 2.75) is 53.4 Å². The minimum Gasteiger partial charge on any atom is -0.299 e. The van der Waals surface area contributed by atoms with Crippen molar-refractivity contribution in [3.63, 3.8) is 0 Å². The van der Waals surface area contributed by atoms with E-state index < -0.39 is 0 Å². The lowest BCUT2D eigenvalue weighted by atomic mass is 9.68. The second-order valence-electron chi connectivity index (χ2n) is 5.41. The van der Waals surface area contributed by atoms with Crippen LogP contribution in [0.4, 0.5) is 0 Å². The predicted octanol–water partition coefficient (Wildman–Crippen LogP) is 3.43. The first-order valence-electron chi connectivity index (χ1n) is 5.48. The van der Waals surface area contributed by atoms with Gasteiger partial charge in [-0.3, -0.25) is 4.79 Å². The molecule has 0 aliphatic heterocycles. The molecular formula is C12H22O. The number of carbonyl (C=O) groups excluding carboxylic acids is 1. The Hall–Kier alpha value is -0.330. The summed E-state index contributed by atoms with van der Waals surface area (Å²) in [6.45, 7) is 9.01. The molecule has 1 aliphatic carbocycles. The van der Waals surface area contributed by atoms with E-state index in [1.165, 1.54) is 0 Å². The van der Waals surface area contributed by atoms with E-state index in [0.29, 0.717) is 17.1 Å². The van der Waals surface area contributed by atoms with Gasteiger partial charge < -0.3 is 0 Å². The molecule has 13 heavy (non-hydrogen) atoms. The van der Waals surface area contributed by atoms with Crippen LogP contribution in [0.3, 0.4) is 0 Å². The van der Waals surface area contributed by atoms with E-state index in [9.17, 15) is 4.79 Å². The smallest absolute Gasteiger partial charge is 0.135 e. The molecule has 0 aromatic heterocycles. The average Bonchev–Trinajstić information content (AvgIpc) is 2.03. The zero-order valence-corrected chi connectivity index (χ0v) is 9.39. The quantitative estimate of drug-likeness (QED) is 0.607. The van der Waals surface area contributed by atoms with Gasteiger partial charge in [-0.05, 0) is 30.6 Å². The molecule has 0 unspecified atom stereocenters. The summed E-state index contributed by atoms with van der Waals surface area (Å²) in [6, 6.07) is 0. The summed E-state index contributed by atoms with van der Waals surface area (Å²) in [4.78, 5) is 11.5. The van der Waals surface area contributed by atoms with Crippen LogP contribution in [0.1, 0.15) is 53.4 Å². The summed E-state index contributed by atoms with van der Waals surface area (Å²) in [5.41, 5.74) is 0.383. The first-order valence-corrected chi connectivity index (χ1v) is 5.48. The maximum atomic E-state index is 11.5. The largest absolute Gasteiger partial charge is 0.299 e. The highest BCUT2D eigenvalue weighted by molar-refractivity contribution is 5.81. The number of carbonyl (C=O) groups is 1. The Kier molecular flexibility index (Phi) is 3.15. The van der Waals surface area contributed by atoms with Gasteiger partial charge in [0.2, 0.25) is 0 Å². The fourth-order valence-electron chi connectivity index (χ4n) is 2.29. The van der Waals surface area contributed by atoms with Crippen molar-refractivity contribution in [3.8, 4) is 0 Å². The maximum absolute atomic E-state index is 11.5. The first-order chi connectivity index (χ1) is 5.95. The van der Waals surface area contributed by atoms with Crippen LogP contribution >= 0.6 is 0 Å². The summed E-state index contributed by atoms with van der Waals surface area (Å²) in [5.74, 6) is 1.61. The van der Waals surface area contributed by atoms with Crippen LogP contribution in [-0.4, -0.2) is 5.78 Å². The lowest BCUT2D eigenvalue weighted by Crippen LogP contribution is -2.31. The molecule has 0 aromatic carbocycles. The predicted molar refractivity (Wildman–Crippen MR) is 55.6 cm³/mol. The summed E-state index contributed by atoms with van der Waals surface area (Å²) in [5, 5.41) is 0. The molecule has 1 saturated carbocycles. The molecule has 0 aromatic rings. The highest BCUT2D eigenvalue weighted by Crippen LogP contribution is 2.39. The van der Waals surface area contributed by atoms with Crippen molar-refractivity contribution in [2.75, 3.05) is 0 Å². The van der Waals surface area contributed by atoms with E-state index in [-0.39, 0.29) is 0 Å². The number of hydrogen-bond donors (Lipinski definition) is 0. The standard InChI is InChI=1S/C12H22O/c1-5-9-8-10(12(2,3)4)6-7-11(9)13/h9-10H,5-8H2,1-4H3/t9-,10+/m1/s1. The first kappa shape index (κ1) is 10.7. The monoisotopic (exact) mass is 182 g/mol. The van der Waals surface area contributed by atoms with Crippen molar-refractivity contribution in [1.82, 2.24) is 0 Å². The third-order valence-electron chi connectivity index (χ3n) is 3.48.